The molecule has 19 heavy (non-hydrogen) atoms. The van der Waals surface area contributed by atoms with Gasteiger partial charge in [0.15, 0.2) is 0 Å². The molecule has 0 bridgehead atoms. The third-order valence-corrected chi connectivity index (χ3v) is 4.29. The summed E-state index contributed by atoms with van der Waals surface area (Å²) in [4.78, 5) is 10.6. The lowest BCUT2D eigenvalue weighted by Gasteiger charge is -2.51. The molecule has 1 aromatic carbocycles. The number of nitro benzene ring substituents is 1. The van der Waals surface area contributed by atoms with Crippen LogP contribution in [0.15, 0.2) is 18.2 Å². The van der Waals surface area contributed by atoms with Crippen molar-refractivity contribution in [2.75, 3.05) is 12.4 Å². The Morgan fingerprint density at radius 1 is 1.47 bits per heavy atom. The van der Waals surface area contributed by atoms with E-state index in [4.69, 9.17) is 4.74 Å². The topological polar surface area (TPSA) is 64.4 Å². The number of hydrogen-bond donors (Lipinski definition) is 1. The molecule has 104 valence electrons. The molecule has 0 spiro atoms. The Morgan fingerprint density at radius 3 is 2.68 bits per heavy atom. The molecular formula is C14H20N2O3. The van der Waals surface area contributed by atoms with E-state index in [0.717, 1.165) is 12.1 Å². The molecule has 1 N–H and O–H groups in total. The predicted octanol–water partition coefficient (Wildman–Crippen LogP) is 3.13. The van der Waals surface area contributed by atoms with Gasteiger partial charge in [-0.15, -0.1) is 0 Å². The van der Waals surface area contributed by atoms with Crippen molar-refractivity contribution in [3.63, 3.8) is 0 Å². The number of nitrogens with zero attached hydrogens (tertiary/aromatic N) is 1. The minimum Gasteiger partial charge on any atom is -0.381 e. The highest BCUT2D eigenvalue weighted by atomic mass is 16.6. The zero-order valence-electron chi connectivity index (χ0n) is 11.8. The summed E-state index contributed by atoms with van der Waals surface area (Å²) in [5, 5.41) is 14.3. The molecule has 5 nitrogen and oxygen atoms in total. The average Bonchev–Trinajstić information content (AvgIpc) is 2.35. The van der Waals surface area contributed by atoms with Crippen LogP contribution in [-0.4, -0.2) is 24.2 Å². The smallest absolute Gasteiger partial charge is 0.274 e. The van der Waals surface area contributed by atoms with Gasteiger partial charge in [-0.05, 0) is 19.4 Å². The zero-order chi connectivity index (χ0) is 14.2. The van der Waals surface area contributed by atoms with E-state index >= 15 is 0 Å². The molecule has 1 saturated carbocycles. The van der Waals surface area contributed by atoms with Crippen LogP contribution in [0.1, 0.15) is 25.8 Å². The maximum atomic E-state index is 10.9. The summed E-state index contributed by atoms with van der Waals surface area (Å²) in [6.07, 6.45) is 1.16. The number of hydrogen-bond acceptors (Lipinski definition) is 4. The molecule has 2 atom stereocenters. The number of nitrogens with one attached hydrogen (secondary N) is 1. The second-order valence-corrected chi connectivity index (χ2v) is 5.69. The highest BCUT2D eigenvalue weighted by Gasteiger charge is 2.48. The summed E-state index contributed by atoms with van der Waals surface area (Å²) in [5.41, 5.74) is 1.71. The van der Waals surface area contributed by atoms with Crippen molar-refractivity contribution in [2.24, 2.45) is 5.41 Å². The number of benzene rings is 1. The third-order valence-electron chi connectivity index (χ3n) is 4.29. The van der Waals surface area contributed by atoms with Crippen LogP contribution in [0, 0.1) is 22.5 Å². The summed E-state index contributed by atoms with van der Waals surface area (Å²) in [6, 6.07) is 5.41. The fraction of sp³-hybridized carbons (Fsp3) is 0.571. The van der Waals surface area contributed by atoms with Gasteiger partial charge in [0.25, 0.3) is 5.69 Å². The van der Waals surface area contributed by atoms with Gasteiger partial charge >= 0.3 is 0 Å². The molecule has 2 unspecified atom stereocenters. The molecule has 5 heteroatoms. The minimum atomic E-state index is -0.343. The van der Waals surface area contributed by atoms with Gasteiger partial charge in [-0.25, -0.2) is 0 Å². The predicted molar refractivity (Wildman–Crippen MR) is 74.4 cm³/mol. The number of ether oxygens (including phenoxy) is 1. The van der Waals surface area contributed by atoms with Crippen LogP contribution in [-0.2, 0) is 4.74 Å². The first-order valence-electron chi connectivity index (χ1n) is 6.41. The van der Waals surface area contributed by atoms with Gasteiger partial charge in [-0.2, -0.15) is 0 Å². The lowest BCUT2D eigenvalue weighted by atomic mass is 9.64. The quantitative estimate of drug-likeness (QED) is 0.670. The average molecular weight is 264 g/mol. The first-order valence-corrected chi connectivity index (χ1v) is 6.41. The maximum absolute atomic E-state index is 10.9. The van der Waals surface area contributed by atoms with E-state index in [1.807, 2.05) is 6.07 Å². The number of anilines is 1. The molecule has 0 radical (unpaired) electrons. The molecule has 0 aromatic heterocycles. The zero-order valence-corrected chi connectivity index (χ0v) is 11.8. The summed E-state index contributed by atoms with van der Waals surface area (Å²) in [6.45, 7) is 6.07. The summed E-state index contributed by atoms with van der Waals surface area (Å²) in [7, 11) is 1.72. The molecule has 0 aliphatic heterocycles. The molecule has 2 rings (SSSR count). The highest BCUT2D eigenvalue weighted by Crippen LogP contribution is 2.44. The Bertz CT molecular complexity index is 499. The fourth-order valence-corrected chi connectivity index (χ4v) is 2.70. The van der Waals surface area contributed by atoms with E-state index < -0.39 is 0 Å². The normalized spacial score (nSPS) is 24.6. The molecule has 1 aliphatic rings. The lowest BCUT2D eigenvalue weighted by Crippen LogP contribution is -2.57. The third kappa shape index (κ3) is 2.30. The maximum Gasteiger partial charge on any atom is 0.274 e. The molecule has 0 saturated heterocycles. The molecule has 0 heterocycles. The SMILES string of the molecule is COC1CC(Nc2cccc([N+](=O)[O-])c2C)C1(C)C. The van der Waals surface area contributed by atoms with E-state index in [1.165, 1.54) is 6.07 Å². The minimum absolute atomic E-state index is 0.0335. The van der Waals surface area contributed by atoms with Crippen molar-refractivity contribution < 1.29 is 9.66 Å². The largest absolute Gasteiger partial charge is 0.381 e. The highest BCUT2D eigenvalue weighted by molar-refractivity contribution is 5.60. The van der Waals surface area contributed by atoms with Gasteiger partial charge in [-0.1, -0.05) is 19.9 Å². The molecule has 0 amide bonds. The summed E-state index contributed by atoms with van der Waals surface area (Å²) < 4.78 is 5.41. The van der Waals surface area contributed by atoms with E-state index in [-0.39, 0.29) is 28.2 Å². The van der Waals surface area contributed by atoms with Crippen molar-refractivity contribution in [3.8, 4) is 0 Å². The Morgan fingerprint density at radius 2 is 2.16 bits per heavy atom. The molecule has 1 aliphatic carbocycles. The van der Waals surface area contributed by atoms with Crippen LogP contribution in [0.3, 0.4) is 0 Å². The van der Waals surface area contributed by atoms with Crippen LogP contribution in [0.25, 0.3) is 0 Å². The van der Waals surface area contributed by atoms with E-state index in [1.54, 1.807) is 20.1 Å². The Hall–Kier alpha value is -1.62. The van der Waals surface area contributed by atoms with Gasteiger partial charge in [0, 0.05) is 35.9 Å². The second-order valence-electron chi connectivity index (χ2n) is 5.69. The van der Waals surface area contributed by atoms with Crippen LogP contribution in [0.2, 0.25) is 0 Å². The van der Waals surface area contributed by atoms with E-state index in [9.17, 15) is 10.1 Å². The van der Waals surface area contributed by atoms with Gasteiger partial charge in [-0.3, -0.25) is 10.1 Å². The molecule has 1 aromatic rings. The van der Waals surface area contributed by atoms with Crippen molar-refractivity contribution >= 4 is 11.4 Å². The second kappa shape index (κ2) is 4.81. The van der Waals surface area contributed by atoms with Crippen molar-refractivity contribution in [3.05, 3.63) is 33.9 Å². The number of rotatable bonds is 4. The number of methoxy groups -OCH3 is 1. The Balaban J connectivity index is 2.18. The molecular weight excluding hydrogens is 244 g/mol. The lowest BCUT2D eigenvalue weighted by molar-refractivity contribution is -0.385. The Kier molecular flexibility index (Phi) is 3.49. The monoisotopic (exact) mass is 264 g/mol. The van der Waals surface area contributed by atoms with E-state index in [0.29, 0.717) is 5.56 Å². The first-order chi connectivity index (χ1) is 8.87. The fourth-order valence-electron chi connectivity index (χ4n) is 2.70. The van der Waals surface area contributed by atoms with Gasteiger partial charge in [0.05, 0.1) is 11.0 Å². The summed E-state index contributed by atoms with van der Waals surface area (Å²) in [5.74, 6) is 0. The number of nitro groups is 1. The van der Waals surface area contributed by atoms with Crippen LogP contribution in [0.5, 0.6) is 0 Å². The summed E-state index contributed by atoms with van der Waals surface area (Å²) >= 11 is 0. The van der Waals surface area contributed by atoms with Gasteiger partial charge in [0.1, 0.15) is 0 Å². The first kappa shape index (κ1) is 13.8. The Labute approximate surface area is 113 Å². The van der Waals surface area contributed by atoms with Crippen LogP contribution < -0.4 is 5.32 Å². The van der Waals surface area contributed by atoms with Crippen molar-refractivity contribution in [2.45, 2.75) is 39.3 Å². The van der Waals surface area contributed by atoms with Gasteiger partial charge in [0.2, 0.25) is 0 Å². The van der Waals surface area contributed by atoms with Crippen LogP contribution >= 0.6 is 0 Å². The van der Waals surface area contributed by atoms with Crippen molar-refractivity contribution in [1.29, 1.82) is 0 Å². The van der Waals surface area contributed by atoms with Crippen molar-refractivity contribution in [1.82, 2.24) is 0 Å². The van der Waals surface area contributed by atoms with E-state index in [2.05, 4.69) is 19.2 Å². The molecule has 1 fully saturated rings. The standard InChI is InChI=1S/C14H20N2O3/c1-9-10(6-5-7-11(9)16(17)18)15-12-8-13(19-4)14(12,2)3/h5-7,12-13,15H,8H2,1-4H3. The van der Waals surface area contributed by atoms with Gasteiger partial charge < -0.3 is 10.1 Å². The van der Waals surface area contributed by atoms with Crippen LogP contribution in [0.4, 0.5) is 11.4 Å².